The molecule has 94 valence electrons. The van der Waals surface area contributed by atoms with E-state index in [2.05, 4.69) is 36.3 Å². The standard InChI is InChI=1S/C14H16ClN3/c1-9-5-3-4-6-12(9)10(2)18-14-13(15)7-11(16)8-17-14/h3-8,10H,16H2,1-2H3,(H,17,18). The molecule has 1 aromatic heterocycles. The van der Waals surface area contributed by atoms with Crippen molar-refractivity contribution in [2.75, 3.05) is 11.1 Å². The topological polar surface area (TPSA) is 50.9 Å². The summed E-state index contributed by atoms with van der Waals surface area (Å²) in [5.74, 6) is 0.654. The summed E-state index contributed by atoms with van der Waals surface area (Å²) in [5, 5.41) is 3.83. The third-order valence-corrected chi connectivity index (χ3v) is 3.16. The first-order valence-electron chi connectivity index (χ1n) is 5.81. The zero-order valence-electron chi connectivity index (χ0n) is 10.4. The molecule has 2 rings (SSSR count). The average molecular weight is 262 g/mol. The highest BCUT2D eigenvalue weighted by molar-refractivity contribution is 6.33. The first-order valence-corrected chi connectivity index (χ1v) is 6.19. The molecule has 1 atom stereocenters. The molecule has 0 aliphatic carbocycles. The van der Waals surface area contributed by atoms with Gasteiger partial charge in [0.25, 0.3) is 0 Å². The van der Waals surface area contributed by atoms with Crippen LogP contribution in [0.3, 0.4) is 0 Å². The first-order chi connectivity index (χ1) is 8.58. The van der Waals surface area contributed by atoms with Crippen LogP contribution in [0.5, 0.6) is 0 Å². The summed E-state index contributed by atoms with van der Waals surface area (Å²) < 4.78 is 0. The second-order valence-electron chi connectivity index (χ2n) is 4.32. The van der Waals surface area contributed by atoms with Gasteiger partial charge in [-0.3, -0.25) is 0 Å². The van der Waals surface area contributed by atoms with Crippen molar-refractivity contribution >= 4 is 23.1 Å². The molecule has 0 saturated carbocycles. The number of aromatic nitrogens is 1. The van der Waals surface area contributed by atoms with Gasteiger partial charge >= 0.3 is 0 Å². The lowest BCUT2D eigenvalue weighted by molar-refractivity contribution is 0.865. The third-order valence-electron chi connectivity index (χ3n) is 2.87. The van der Waals surface area contributed by atoms with Crippen molar-refractivity contribution in [3.63, 3.8) is 0 Å². The van der Waals surface area contributed by atoms with Crippen molar-refractivity contribution in [2.45, 2.75) is 19.9 Å². The summed E-state index contributed by atoms with van der Waals surface area (Å²) >= 11 is 6.10. The van der Waals surface area contributed by atoms with E-state index in [4.69, 9.17) is 17.3 Å². The van der Waals surface area contributed by atoms with E-state index in [-0.39, 0.29) is 6.04 Å². The first kappa shape index (κ1) is 12.7. The maximum Gasteiger partial charge on any atom is 0.145 e. The van der Waals surface area contributed by atoms with Gasteiger partial charge in [0.1, 0.15) is 5.82 Å². The Morgan fingerprint density at radius 2 is 2.06 bits per heavy atom. The summed E-state index contributed by atoms with van der Waals surface area (Å²) in [4.78, 5) is 4.20. The Hall–Kier alpha value is -1.74. The van der Waals surface area contributed by atoms with E-state index >= 15 is 0 Å². The highest BCUT2D eigenvalue weighted by atomic mass is 35.5. The third kappa shape index (κ3) is 2.74. The quantitative estimate of drug-likeness (QED) is 0.884. The minimum atomic E-state index is 0.139. The molecular formula is C14H16ClN3. The average Bonchev–Trinajstić information content (AvgIpc) is 2.33. The number of nitrogens with two attached hydrogens (primary N) is 1. The van der Waals surface area contributed by atoms with E-state index in [1.807, 2.05) is 12.1 Å². The maximum atomic E-state index is 6.10. The van der Waals surface area contributed by atoms with E-state index in [1.54, 1.807) is 12.3 Å². The van der Waals surface area contributed by atoms with Gasteiger partial charge in [-0.15, -0.1) is 0 Å². The molecule has 1 aromatic carbocycles. The Labute approximate surface area is 112 Å². The largest absolute Gasteiger partial charge is 0.397 e. The van der Waals surface area contributed by atoms with Crippen LogP contribution in [0.15, 0.2) is 36.5 Å². The fourth-order valence-corrected chi connectivity index (χ4v) is 2.14. The van der Waals surface area contributed by atoms with Crippen molar-refractivity contribution in [2.24, 2.45) is 0 Å². The summed E-state index contributed by atoms with van der Waals surface area (Å²) in [7, 11) is 0. The fraction of sp³-hybridized carbons (Fsp3) is 0.214. The van der Waals surface area contributed by atoms with E-state index < -0.39 is 0 Å². The SMILES string of the molecule is Cc1ccccc1C(C)Nc1ncc(N)cc1Cl. The number of hydrogen-bond donors (Lipinski definition) is 2. The Balaban J connectivity index is 2.21. The van der Waals surface area contributed by atoms with Crippen LogP contribution < -0.4 is 11.1 Å². The fourth-order valence-electron chi connectivity index (χ4n) is 1.91. The van der Waals surface area contributed by atoms with Crippen LogP contribution in [0.4, 0.5) is 11.5 Å². The van der Waals surface area contributed by atoms with E-state index in [0.29, 0.717) is 16.5 Å². The number of rotatable bonds is 3. The molecule has 0 aliphatic rings. The lowest BCUT2D eigenvalue weighted by Gasteiger charge is -2.17. The van der Waals surface area contributed by atoms with Gasteiger partial charge in [-0.25, -0.2) is 4.98 Å². The molecule has 0 aliphatic heterocycles. The molecule has 3 nitrogen and oxygen atoms in total. The molecule has 0 saturated heterocycles. The number of halogens is 1. The van der Waals surface area contributed by atoms with E-state index in [9.17, 15) is 0 Å². The van der Waals surface area contributed by atoms with Crippen LogP contribution in [0.2, 0.25) is 5.02 Å². The van der Waals surface area contributed by atoms with Crippen molar-refractivity contribution in [1.29, 1.82) is 0 Å². The predicted molar refractivity (Wildman–Crippen MR) is 76.9 cm³/mol. The predicted octanol–water partition coefficient (Wildman–Crippen LogP) is 3.80. The molecule has 4 heteroatoms. The highest BCUT2D eigenvalue weighted by Gasteiger charge is 2.10. The second kappa shape index (κ2) is 5.27. The normalized spacial score (nSPS) is 12.2. The summed E-state index contributed by atoms with van der Waals surface area (Å²) in [6.07, 6.45) is 1.60. The monoisotopic (exact) mass is 261 g/mol. The number of nitrogens with zero attached hydrogens (tertiary/aromatic N) is 1. The molecule has 1 unspecified atom stereocenters. The minimum absolute atomic E-state index is 0.139. The molecule has 18 heavy (non-hydrogen) atoms. The molecule has 0 fully saturated rings. The summed E-state index contributed by atoms with van der Waals surface area (Å²) in [5.41, 5.74) is 8.65. The van der Waals surface area contributed by atoms with Crippen LogP contribution in [-0.2, 0) is 0 Å². The number of hydrogen-bond acceptors (Lipinski definition) is 3. The maximum absolute atomic E-state index is 6.10. The van der Waals surface area contributed by atoms with E-state index in [0.717, 1.165) is 0 Å². The number of aryl methyl sites for hydroxylation is 1. The molecule has 2 aromatic rings. The van der Waals surface area contributed by atoms with Gasteiger partial charge in [-0.1, -0.05) is 35.9 Å². The van der Waals surface area contributed by atoms with Crippen molar-refractivity contribution in [3.8, 4) is 0 Å². The van der Waals surface area contributed by atoms with Gasteiger partial charge in [0.05, 0.1) is 22.9 Å². The summed E-state index contributed by atoms with van der Waals surface area (Å²) in [6.45, 7) is 4.17. The van der Waals surface area contributed by atoms with Crippen molar-refractivity contribution in [3.05, 3.63) is 52.7 Å². The zero-order valence-corrected chi connectivity index (χ0v) is 11.2. The lowest BCUT2D eigenvalue weighted by atomic mass is 10.0. The van der Waals surface area contributed by atoms with Gasteiger partial charge in [-0.2, -0.15) is 0 Å². The summed E-state index contributed by atoms with van der Waals surface area (Å²) in [6, 6.07) is 10.1. The zero-order chi connectivity index (χ0) is 13.1. The smallest absolute Gasteiger partial charge is 0.145 e. The molecule has 0 amide bonds. The van der Waals surface area contributed by atoms with Gasteiger partial charge in [-0.05, 0) is 31.0 Å². The number of nitrogen functional groups attached to an aromatic ring is 1. The Kier molecular flexibility index (Phi) is 3.72. The number of pyridine rings is 1. The second-order valence-corrected chi connectivity index (χ2v) is 4.73. The van der Waals surface area contributed by atoms with Crippen LogP contribution in [0.25, 0.3) is 0 Å². The van der Waals surface area contributed by atoms with Gasteiger partial charge in [0.15, 0.2) is 0 Å². The number of nitrogens with one attached hydrogen (secondary N) is 1. The van der Waals surface area contributed by atoms with Gasteiger partial charge < -0.3 is 11.1 Å². The van der Waals surface area contributed by atoms with Crippen LogP contribution in [0, 0.1) is 6.92 Å². The van der Waals surface area contributed by atoms with Crippen molar-refractivity contribution in [1.82, 2.24) is 4.98 Å². The van der Waals surface area contributed by atoms with Crippen LogP contribution in [0.1, 0.15) is 24.1 Å². The van der Waals surface area contributed by atoms with Crippen LogP contribution in [-0.4, -0.2) is 4.98 Å². The molecular weight excluding hydrogens is 246 g/mol. The molecule has 0 spiro atoms. The minimum Gasteiger partial charge on any atom is -0.397 e. The Morgan fingerprint density at radius 1 is 1.33 bits per heavy atom. The number of anilines is 2. The Bertz CT molecular complexity index is 554. The van der Waals surface area contributed by atoms with Crippen molar-refractivity contribution < 1.29 is 0 Å². The molecule has 0 bridgehead atoms. The molecule has 3 N–H and O–H groups in total. The van der Waals surface area contributed by atoms with Gasteiger partial charge in [0.2, 0.25) is 0 Å². The van der Waals surface area contributed by atoms with Gasteiger partial charge in [0, 0.05) is 0 Å². The lowest BCUT2D eigenvalue weighted by Crippen LogP contribution is -2.09. The Morgan fingerprint density at radius 3 is 2.72 bits per heavy atom. The number of benzene rings is 1. The highest BCUT2D eigenvalue weighted by Crippen LogP contribution is 2.26. The van der Waals surface area contributed by atoms with E-state index in [1.165, 1.54) is 11.1 Å². The molecule has 0 radical (unpaired) electrons. The molecule has 1 heterocycles. The van der Waals surface area contributed by atoms with Crippen LogP contribution >= 0.6 is 11.6 Å².